The Morgan fingerprint density at radius 1 is 0.909 bits per heavy atom. The number of sulfonamides is 1. The fourth-order valence-corrected chi connectivity index (χ4v) is 2.28. The second-order valence-corrected chi connectivity index (χ2v) is 6.36. The van der Waals surface area contributed by atoms with Crippen LogP contribution in [0.15, 0.2) is 63.7 Å². The Kier molecular flexibility index (Phi) is 4.86. The van der Waals surface area contributed by atoms with Gasteiger partial charge in [-0.2, -0.15) is 10.2 Å². The molecule has 0 saturated heterocycles. The zero-order valence-corrected chi connectivity index (χ0v) is 12.9. The number of hydrogen-bond acceptors (Lipinski definition) is 6. The van der Waals surface area contributed by atoms with Gasteiger partial charge in [-0.05, 0) is 48.5 Å². The Labute approximate surface area is 128 Å². The number of anilines is 1. The number of hydrogen-bond donors (Lipinski definition) is 2. The molecule has 0 atom stereocenters. The molecule has 2 rings (SSSR count). The smallest absolute Gasteiger partial charge is 0.262 e. The van der Waals surface area contributed by atoms with Gasteiger partial charge in [0.05, 0.1) is 16.3 Å². The molecule has 0 radical (unpaired) electrons. The summed E-state index contributed by atoms with van der Waals surface area (Å²) < 4.78 is 22.7. The first kappa shape index (κ1) is 16.1. The normalized spacial score (nSPS) is 11.8. The van der Waals surface area contributed by atoms with Crippen LogP contribution in [-0.2, 0) is 10.0 Å². The summed E-state index contributed by atoms with van der Waals surface area (Å²) >= 11 is 0. The fraction of sp³-hybridized carbons (Fsp3) is 0.143. The van der Waals surface area contributed by atoms with Gasteiger partial charge in [0.25, 0.3) is 10.0 Å². The lowest BCUT2D eigenvalue weighted by Gasteiger charge is -2.11. The van der Waals surface area contributed by atoms with E-state index in [4.69, 9.17) is 5.21 Å². The second kappa shape index (κ2) is 6.65. The van der Waals surface area contributed by atoms with Crippen molar-refractivity contribution in [3.8, 4) is 0 Å². The van der Waals surface area contributed by atoms with Gasteiger partial charge in [0.15, 0.2) is 0 Å². The van der Waals surface area contributed by atoms with Crippen LogP contribution in [-0.4, -0.2) is 27.7 Å². The molecule has 0 heterocycles. The van der Waals surface area contributed by atoms with E-state index in [1.807, 2.05) is 43.3 Å². The summed E-state index contributed by atoms with van der Waals surface area (Å²) in [6.07, 6.45) is 0. The molecule has 0 aliphatic carbocycles. The standard InChI is InChI=1S/C14H16N4O3S/c1-18(2)13-7-3-11(4-8-13)15-16-12-5-9-14(10-6-12)22(20,21)17-19/h3-10,17,19H,1-2H3. The van der Waals surface area contributed by atoms with Gasteiger partial charge in [0.2, 0.25) is 0 Å². The van der Waals surface area contributed by atoms with E-state index in [9.17, 15) is 8.42 Å². The van der Waals surface area contributed by atoms with Gasteiger partial charge in [-0.3, -0.25) is 0 Å². The minimum atomic E-state index is -3.87. The van der Waals surface area contributed by atoms with E-state index >= 15 is 0 Å². The molecule has 8 heteroatoms. The second-order valence-electron chi connectivity index (χ2n) is 4.70. The molecule has 0 amide bonds. The molecule has 0 spiro atoms. The lowest BCUT2D eigenvalue weighted by molar-refractivity contribution is 0.242. The first-order valence-electron chi connectivity index (χ1n) is 6.37. The monoisotopic (exact) mass is 320 g/mol. The first-order chi connectivity index (χ1) is 10.4. The largest absolute Gasteiger partial charge is 0.378 e. The molecule has 2 aromatic rings. The van der Waals surface area contributed by atoms with Crippen molar-refractivity contribution < 1.29 is 13.6 Å². The van der Waals surface area contributed by atoms with Crippen molar-refractivity contribution in [2.45, 2.75) is 4.90 Å². The molecule has 116 valence electrons. The van der Waals surface area contributed by atoms with Crippen LogP contribution >= 0.6 is 0 Å². The Bertz CT molecular complexity index is 754. The summed E-state index contributed by atoms with van der Waals surface area (Å²) in [4.78, 5) is 3.19. The Balaban J connectivity index is 2.13. The van der Waals surface area contributed by atoms with Gasteiger partial charge < -0.3 is 10.1 Å². The van der Waals surface area contributed by atoms with Crippen molar-refractivity contribution in [3.05, 3.63) is 48.5 Å². The maximum Gasteiger partial charge on any atom is 0.262 e. The summed E-state index contributed by atoms with van der Waals surface area (Å²) in [7, 11) is 0.0371. The summed E-state index contributed by atoms with van der Waals surface area (Å²) in [6, 6.07) is 13.2. The van der Waals surface area contributed by atoms with Crippen LogP contribution in [0.3, 0.4) is 0 Å². The van der Waals surface area contributed by atoms with E-state index < -0.39 is 10.0 Å². The maximum absolute atomic E-state index is 11.4. The Hall–Kier alpha value is -2.29. The van der Waals surface area contributed by atoms with E-state index in [2.05, 4.69) is 10.2 Å². The van der Waals surface area contributed by atoms with Crippen LogP contribution in [0.5, 0.6) is 0 Å². The van der Waals surface area contributed by atoms with Crippen molar-refractivity contribution in [2.75, 3.05) is 19.0 Å². The lowest BCUT2D eigenvalue weighted by atomic mass is 10.3. The van der Waals surface area contributed by atoms with Crippen molar-refractivity contribution in [3.63, 3.8) is 0 Å². The highest BCUT2D eigenvalue weighted by Crippen LogP contribution is 2.22. The number of azo groups is 1. The average Bonchev–Trinajstić information content (AvgIpc) is 2.53. The average molecular weight is 320 g/mol. The molecule has 0 aliphatic heterocycles. The predicted molar refractivity (Wildman–Crippen MR) is 83.5 cm³/mol. The van der Waals surface area contributed by atoms with E-state index in [1.54, 1.807) is 0 Å². The van der Waals surface area contributed by atoms with Gasteiger partial charge in [-0.1, -0.05) is 4.89 Å². The van der Waals surface area contributed by atoms with E-state index in [1.165, 1.54) is 29.2 Å². The highest BCUT2D eigenvalue weighted by molar-refractivity contribution is 7.89. The quantitative estimate of drug-likeness (QED) is 0.654. The van der Waals surface area contributed by atoms with Crippen molar-refractivity contribution in [1.29, 1.82) is 0 Å². The SMILES string of the molecule is CN(C)c1ccc(N=Nc2ccc(S(=O)(=O)NO)cc2)cc1. The predicted octanol–water partition coefficient (Wildman–Crippen LogP) is 2.84. The molecule has 22 heavy (non-hydrogen) atoms. The lowest BCUT2D eigenvalue weighted by Crippen LogP contribution is -2.18. The Morgan fingerprint density at radius 3 is 1.77 bits per heavy atom. The van der Waals surface area contributed by atoms with E-state index in [0.29, 0.717) is 11.4 Å². The Morgan fingerprint density at radius 2 is 1.36 bits per heavy atom. The number of benzene rings is 2. The highest BCUT2D eigenvalue weighted by Gasteiger charge is 2.11. The molecule has 0 aromatic heterocycles. The maximum atomic E-state index is 11.4. The minimum absolute atomic E-state index is 0.0516. The summed E-state index contributed by atoms with van der Waals surface area (Å²) in [5, 5.41) is 16.7. The number of nitrogens with zero attached hydrogens (tertiary/aromatic N) is 3. The molecule has 2 aromatic carbocycles. The first-order valence-corrected chi connectivity index (χ1v) is 7.86. The van der Waals surface area contributed by atoms with Crippen molar-refractivity contribution in [2.24, 2.45) is 10.2 Å². The number of nitrogens with one attached hydrogen (secondary N) is 1. The van der Waals surface area contributed by atoms with Gasteiger partial charge >= 0.3 is 0 Å². The van der Waals surface area contributed by atoms with Gasteiger partial charge in [-0.25, -0.2) is 8.42 Å². The molecule has 2 N–H and O–H groups in total. The molecule has 0 bridgehead atoms. The highest BCUT2D eigenvalue weighted by atomic mass is 32.2. The zero-order valence-electron chi connectivity index (χ0n) is 12.1. The van der Waals surface area contributed by atoms with Crippen LogP contribution in [0, 0.1) is 0 Å². The van der Waals surface area contributed by atoms with Gasteiger partial charge in [0.1, 0.15) is 0 Å². The minimum Gasteiger partial charge on any atom is -0.378 e. The van der Waals surface area contributed by atoms with Crippen LogP contribution < -0.4 is 9.79 Å². The number of rotatable bonds is 5. The van der Waals surface area contributed by atoms with Crippen LogP contribution in [0.25, 0.3) is 0 Å². The van der Waals surface area contributed by atoms with Gasteiger partial charge in [-0.15, -0.1) is 0 Å². The molecule has 7 nitrogen and oxygen atoms in total. The summed E-state index contributed by atoms with van der Waals surface area (Å²) in [5.41, 5.74) is 2.26. The van der Waals surface area contributed by atoms with Gasteiger partial charge in [0, 0.05) is 19.8 Å². The van der Waals surface area contributed by atoms with Crippen LogP contribution in [0.2, 0.25) is 0 Å². The van der Waals surface area contributed by atoms with E-state index in [0.717, 1.165) is 5.69 Å². The molecule has 0 saturated carbocycles. The third-order valence-electron chi connectivity index (χ3n) is 2.91. The third-order valence-corrected chi connectivity index (χ3v) is 4.05. The van der Waals surface area contributed by atoms with Crippen LogP contribution in [0.1, 0.15) is 0 Å². The fourth-order valence-electron chi connectivity index (χ4n) is 1.68. The molecule has 0 aliphatic rings. The third kappa shape index (κ3) is 3.88. The molecule has 0 fully saturated rings. The van der Waals surface area contributed by atoms with E-state index in [-0.39, 0.29) is 4.90 Å². The summed E-state index contributed by atoms with van der Waals surface area (Å²) in [5.74, 6) is 0. The topological polar surface area (TPSA) is 94.4 Å². The molecular weight excluding hydrogens is 304 g/mol. The van der Waals surface area contributed by atoms with Crippen molar-refractivity contribution >= 4 is 27.1 Å². The zero-order chi connectivity index (χ0) is 16.2. The van der Waals surface area contributed by atoms with Crippen LogP contribution in [0.4, 0.5) is 17.1 Å². The van der Waals surface area contributed by atoms with Crippen molar-refractivity contribution in [1.82, 2.24) is 4.89 Å². The molecule has 0 unspecified atom stereocenters. The summed E-state index contributed by atoms with van der Waals surface area (Å²) in [6.45, 7) is 0. The molecular formula is C14H16N4O3S.